The van der Waals surface area contributed by atoms with Crippen molar-refractivity contribution in [1.29, 1.82) is 0 Å². The molecule has 0 unspecified atom stereocenters. The van der Waals surface area contributed by atoms with Crippen LogP contribution in [0, 0.1) is 6.92 Å². The Balaban J connectivity index is 1.77. The van der Waals surface area contributed by atoms with Gasteiger partial charge in [-0.05, 0) is 49.9 Å². The average Bonchev–Trinajstić information content (AvgIpc) is 3.23. The second-order valence-corrected chi connectivity index (χ2v) is 8.90. The molecule has 0 radical (unpaired) electrons. The van der Waals surface area contributed by atoms with Crippen LogP contribution in [-0.4, -0.2) is 34.4 Å². The van der Waals surface area contributed by atoms with E-state index in [0.717, 1.165) is 43.0 Å². The van der Waals surface area contributed by atoms with Crippen molar-refractivity contribution < 1.29 is 4.74 Å². The predicted molar refractivity (Wildman–Crippen MR) is 116 cm³/mol. The first-order chi connectivity index (χ1) is 13.4. The van der Waals surface area contributed by atoms with Gasteiger partial charge in [-0.3, -0.25) is 4.99 Å². The number of benzene rings is 1. The van der Waals surface area contributed by atoms with E-state index in [0.29, 0.717) is 18.2 Å². The molecular formula is C21H21N5OS. The number of aryl methyl sites for hydroxylation is 1. The Morgan fingerprint density at radius 1 is 1.18 bits per heavy atom. The number of nitrogen functional groups attached to an aromatic ring is 1. The lowest BCUT2D eigenvalue weighted by Gasteiger charge is -2.30. The van der Waals surface area contributed by atoms with E-state index in [4.69, 9.17) is 15.5 Å². The zero-order valence-corrected chi connectivity index (χ0v) is 17.1. The summed E-state index contributed by atoms with van der Waals surface area (Å²) in [5.41, 5.74) is 9.20. The summed E-state index contributed by atoms with van der Waals surface area (Å²) in [6, 6.07) is 8.34. The zero-order chi connectivity index (χ0) is 19.6. The minimum Gasteiger partial charge on any atom is -0.495 e. The zero-order valence-electron chi connectivity index (χ0n) is 16.3. The maximum Gasteiger partial charge on any atom is 0.173 e. The fourth-order valence-corrected chi connectivity index (χ4v) is 4.99. The normalized spacial score (nSPS) is 15.3. The first-order valence-electron chi connectivity index (χ1n) is 9.15. The number of ether oxygens (including phenoxy) is 1. The molecule has 28 heavy (non-hydrogen) atoms. The number of thiophene rings is 1. The van der Waals surface area contributed by atoms with Crippen LogP contribution >= 0.6 is 11.3 Å². The van der Waals surface area contributed by atoms with Gasteiger partial charge < -0.3 is 15.0 Å². The standard InChI is InChI=1S/C21H21N5OS/c1-11-5-12-7-16(28-17(12)15(6-11)27-4)19-24-18(22)14-8-13-9-23-10-21(2,3)26(13)20(14)25-19/h5-9H,10H2,1-4H3,(H2,22,24,25). The molecular weight excluding hydrogens is 370 g/mol. The van der Waals surface area contributed by atoms with Gasteiger partial charge in [0.15, 0.2) is 5.82 Å². The van der Waals surface area contributed by atoms with Gasteiger partial charge in [0.05, 0.1) is 39.9 Å². The fourth-order valence-electron chi connectivity index (χ4n) is 3.92. The molecule has 0 saturated heterocycles. The van der Waals surface area contributed by atoms with Crippen LogP contribution in [0.3, 0.4) is 0 Å². The molecule has 1 aromatic carbocycles. The highest BCUT2D eigenvalue weighted by atomic mass is 32.1. The lowest BCUT2D eigenvalue weighted by molar-refractivity contribution is 0.370. The summed E-state index contributed by atoms with van der Waals surface area (Å²) in [5, 5.41) is 2.00. The van der Waals surface area contributed by atoms with E-state index in [1.54, 1.807) is 18.4 Å². The van der Waals surface area contributed by atoms with Crippen LogP contribution in [0.2, 0.25) is 0 Å². The molecule has 0 saturated carbocycles. The molecule has 3 aromatic heterocycles. The third kappa shape index (κ3) is 2.43. The molecule has 5 rings (SSSR count). The Labute approximate surface area is 166 Å². The van der Waals surface area contributed by atoms with E-state index in [2.05, 4.69) is 47.4 Å². The van der Waals surface area contributed by atoms with E-state index < -0.39 is 0 Å². The van der Waals surface area contributed by atoms with Gasteiger partial charge in [-0.1, -0.05) is 6.07 Å². The number of nitrogens with two attached hydrogens (primary N) is 1. The van der Waals surface area contributed by atoms with E-state index in [-0.39, 0.29) is 5.54 Å². The quantitative estimate of drug-likeness (QED) is 0.550. The molecule has 0 fully saturated rings. The maximum atomic E-state index is 6.34. The van der Waals surface area contributed by atoms with Gasteiger partial charge in [0, 0.05) is 6.21 Å². The number of fused-ring (bicyclic) bond motifs is 4. The van der Waals surface area contributed by atoms with Crippen LogP contribution in [0.15, 0.2) is 29.3 Å². The third-order valence-corrected chi connectivity index (χ3v) is 6.35. The molecule has 4 heterocycles. The van der Waals surface area contributed by atoms with Crippen molar-refractivity contribution in [1.82, 2.24) is 14.5 Å². The van der Waals surface area contributed by atoms with Crippen molar-refractivity contribution >= 4 is 44.5 Å². The van der Waals surface area contributed by atoms with Crippen LogP contribution in [0.4, 0.5) is 5.82 Å². The molecule has 1 aliphatic rings. The van der Waals surface area contributed by atoms with Gasteiger partial charge in [-0.15, -0.1) is 11.3 Å². The maximum absolute atomic E-state index is 6.34. The number of hydrogen-bond acceptors (Lipinski definition) is 6. The van der Waals surface area contributed by atoms with Gasteiger partial charge in [0.2, 0.25) is 0 Å². The predicted octanol–water partition coefficient (Wildman–Crippen LogP) is 4.38. The molecule has 0 amide bonds. The monoisotopic (exact) mass is 391 g/mol. The largest absolute Gasteiger partial charge is 0.495 e. The lowest BCUT2D eigenvalue weighted by atomic mass is 10.0. The number of aliphatic imine (C=N–C) groups is 1. The fraction of sp³-hybridized carbons (Fsp3) is 0.286. The Bertz CT molecular complexity index is 1280. The molecule has 1 aliphatic heterocycles. The molecule has 0 bridgehead atoms. The smallest absolute Gasteiger partial charge is 0.173 e. The van der Waals surface area contributed by atoms with Crippen LogP contribution in [0.25, 0.3) is 31.8 Å². The molecule has 0 atom stereocenters. The summed E-state index contributed by atoms with van der Waals surface area (Å²) in [6.45, 7) is 7.10. The summed E-state index contributed by atoms with van der Waals surface area (Å²) in [4.78, 5) is 15.0. The average molecular weight is 392 g/mol. The van der Waals surface area contributed by atoms with Gasteiger partial charge in [-0.2, -0.15) is 0 Å². The number of methoxy groups -OCH3 is 1. The number of anilines is 1. The molecule has 142 valence electrons. The Kier molecular flexibility index (Phi) is 3.55. The second kappa shape index (κ2) is 5.78. The number of nitrogens with zero attached hydrogens (tertiary/aromatic N) is 4. The van der Waals surface area contributed by atoms with E-state index in [1.807, 2.05) is 18.3 Å². The van der Waals surface area contributed by atoms with Crippen LogP contribution in [-0.2, 0) is 5.54 Å². The van der Waals surface area contributed by atoms with Crippen LogP contribution in [0.1, 0.15) is 25.1 Å². The van der Waals surface area contributed by atoms with Crippen molar-refractivity contribution in [2.24, 2.45) is 4.99 Å². The number of aromatic nitrogens is 3. The summed E-state index contributed by atoms with van der Waals surface area (Å²) in [6.07, 6.45) is 1.89. The molecule has 4 aromatic rings. The van der Waals surface area contributed by atoms with Gasteiger partial charge in [0.1, 0.15) is 17.2 Å². The molecule has 2 N–H and O–H groups in total. The van der Waals surface area contributed by atoms with E-state index >= 15 is 0 Å². The molecule has 0 spiro atoms. The first-order valence-corrected chi connectivity index (χ1v) is 9.97. The Hall–Kier alpha value is -2.93. The molecule has 7 heteroatoms. The third-order valence-electron chi connectivity index (χ3n) is 5.19. The van der Waals surface area contributed by atoms with Gasteiger partial charge in [0.25, 0.3) is 0 Å². The molecule has 0 aliphatic carbocycles. The summed E-state index contributed by atoms with van der Waals surface area (Å²) >= 11 is 1.63. The first kappa shape index (κ1) is 17.2. The van der Waals surface area contributed by atoms with E-state index in [1.165, 1.54) is 0 Å². The Morgan fingerprint density at radius 3 is 2.79 bits per heavy atom. The minimum atomic E-state index is -0.162. The minimum absolute atomic E-state index is 0.162. The SMILES string of the molecule is COc1cc(C)cc2cc(-c3nc(N)c4cc5n(c4n3)C(C)(C)CN=C5)sc12. The van der Waals surface area contributed by atoms with Crippen molar-refractivity contribution in [3.8, 4) is 16.5 Å². The topological polar surface area (TPSA) is 78.3 Å². The highest BCUT2D eigenvalue weighted by Gasteiger charge is 2.29. The van der Waals surface area contributed by atoms with Crippen molar-refractivity contribution in [3.63, 3.8) is 0 Å². The van der Waals surface area contributed by atoms with Gasteiger partial charge in [-0.25, -0.2) is 9.97 Å². The highest BCUT2D eigenvalue weighted by Crippen LogP contribution is 2.40. The van der Waals surface area contributed by atoms with Crippen molar-refractivity contribution in [3.05, 3.63) is 35.5 Å². The van der Waals surface area contributed by atoms with Crippen LogP contribution < -0.4 is 10.5 Å². The lowest BCUT2D eigenvalue weighted by Crippen LogP contribution is -2.34. The summed E-state index contributed by atoms with van der Waals surface area (Å²) in [5.74, 6) is 2.01. The number of rotatable bonds is 2. The Morgan fingerprint density at radius 2 is 2.00 bits per heavy atom. The van der Waals surface area contributed by atoms with Crippen LogP contribution in [0.5, 0.6) is 5.75 Å². The summed E-state index contributed by atoms with van der Waals surface area (Å²) < 4.78 is 8.88. The van der Waals surface area contributed by atoms with Gasteiger partial charge >= 0.3 is 0 Å². The van der Waals surface area contributed by atoms with Crippen molar-refractivity contribution in [2.45, 2.75) is 26.3 Å². The summed E-state index contributed by atoms with van der Waals surface area (Å²) in [7, 11) is 1.70. The second-order valence-electron chi connectivity index (χ2n) is 7.85. The van der Waals surface area contributed by atoms with Crippen molar-refractivity contribution in [2.75, 3.05) is 19.4 Å². The number of hydrogen-bond donors (Lipinski definition) is 1. The van der Waals surface area contributed by atoms with E-state index in [9.17, 15) is 0 Å². The molecule has 6 nitrogen and oxygen atoms in total. The highest BCUT2D eigenvalue weighted by molar-refractivity contribution is 7.22.